The lowest BCUT2D eigenvalue weighted by atomic mass is 10.2. The number of rotatable bonds is 7. The predicted molar refractivity (Wildman–Crippen MR) is 72.7 cm³/mol. The van der Waals surface area contributed by atoms with Gasteiger partial charge in [0.2, 0.25) is 11.8 Å². The second-order valence-electron chi connectivity index (χ2n) is 4.03. The highest BCUT2D eigenvalue weighted by molar-refractivity contribution is 7.12. The van der Waals surface area contributed by atoms with E-state index in [0.29, 0.717) is 17.8 Å². The zero-order chi connectivity index (χ0) is 14.3. The third-order valence-electron chi connectivity index (χ3n) is 2.42. The van der Waals surface area contributed by atoms with Gasteiger partial charge in [-0.15, -0.1) is 11.3 Å². The number of hydrogen-bond donors (Lipinski definition) is 3. The maximum Gasteiger partial charge on any atom is 0.261 e. The van der Waals surface area contributed by atoms with Crippen molar-refractivity contribution in [3.63, 3.8) is 0 Å². The van der Waals surface area contributed by atoms with E-state index < -0.39 is 11.9 Å². The highest BCUT2D eigenvalue weighted by Crippen LogP contribution is 2.07. The van der Waals surface area contributed by atoms with E-state index in [9.17, 15) is 14.4 Å². The van der Waals surface area contributed by atoms with Crippen molar-refractivity contribution in [2.75, 3.05) is 6.54 Å². The Bertz CT molecular complexity index is 445. The van der Waals surface area contributed by atoms with Gasteiger partial charge in [-0.1, -0.05) is 6.07 Å². The van der Waals surface area contributed by atoms with E-state index in [1.54, 1.807) is 12.1 Å². The van der Waals surface area contributed by atoms with E-state index in [1.807, 2.05) is 5.38 Å². The molecule has 0 spiro atoms. The molecule has 0 radical (unpaired) electrons. The summed E-state index contributed by atoms with van der Waals surface area (Å²) in [5, 5.41) is 7.01. The van der Waals surface area contributed by atoms with Crippen LogP contribution in [0, 0.1) is 0 Å². The lowest BCUT2D eigenvalue weighted by molar-refractivity contribution is -0.127. The number of carbonyl (C=O) groups is 3. The molecule has 1 aromatic heterocycles. The predicted octanol–water partition coefficient (Wildman–Crippen LogP) is 0.248. The number of carbonyl (C=O) groups excluding carboxylic acids is 3. The van der Waals surface area contributed by atoms with Gasteiger partial charge in [0, 0.05) is 13.0 Å². The SMILES string of the molecule is CC(NC(=O)CCCNC(=O)c1cccs1)C(N)=O. The van der Waals surface area contributed by atoms with Crippen molar-refractivity contribution in [3.05, 3.63) is 22.4 Å². The molecule has 0 aliphatic carbocycles. The lowest BCUT2D eigenvalue weighted by Gasteiger charge is -2.10. The minimum absolute atomic E-state index is 0.138. The number of nitrogens with one attached hydrogen (secondary N) is 2. The Morgan fingerprint density at radius 1 is 1.42 bits per heavy atom. The largest absolute Gasteiger partial charge is 0.368 e. The summed E-state index contributed by atoms with van der Waals surface area (Å²) in [6.07, 6.45) is 0.747. The average Bonchev–Trinajstić information content (AvgIpc) is 2.88. The lowest BCUT2D eigenvalue weighted by Crippen LogP contribution is -2.42. The van der Waals surface area contributed by atoms with E-state index in [0.717, 1.165) is 0 Å². The topological polar surface area (TPSA) is 101 Å². The smallest absolute Gasteiger partial charge is 0.261 e. The Morgan fingerprint density at radius 2 is 2.16 bits per heavy atom. The van der Waals surface area contributed by atoms with Gasteiger partial charge in [0.1, 0.15) is 6.04 Å². The molecule has 7 heteroatoms. The molecule has 1 unspecified atom stereocenters. The zero-order valence-electron chi connectivity index (χ0n) is 10.6. The maximum absolute atomic E-state index is 11.6. The van der Waals surface area contributed by atoms with Gasteiger partial charge in [-0.3, -0.25) is 14.4 Å². The van der Waals surface area contributed by atoms with E-state index in [1.165, 1.54) is 18.3 Å². The van der Waals surface area contributed by atoms with Crippen LogP contribution in [0.3, 0.4) is 0 Å². The molecular weight excluding hydrogens is 266 g/mol. The number of thiophene rings is 1. The first-order valence-corrected chi connectivity index (χ1v) is 6.79. The molecule has 104 valence electrons. The van der Waals surface area contributed by atoms with Crippen LogP contribution in [0.25, 0.3) is 0 Å². The number of primary amides is 1. The summed E-state index contributed by atoms with van der Waals surface area (Å²) >= 11 is 1.36. The Morgan fingerprint density at radius 3 is 2.74 bits per heavy atom. The molecule has 0 aliphatic rings. The Labute approximate surface area is 115 Å². The molecule has 0 saturated carbocycles. The van der Waals surface area contributed by atoms with Crippen LogP contribution in [0.1, 0.15) is 29.4 Å². The highest BCUT2D eigenvalue weighted by Gasteiger charge is 2.11. The summed E-state index contributed by atoms with van der Waals surface area (Å²) in [4.78, 5) is 34.3. The van der Waals surface area contributed by atoms with Crippen LogP contribution in [0.4, 0.5) is 0 Å². The second-order valence-corrected chi connectivity index (χ2v) is 4.98. The molecule has 4 N–H and O–H groups in total. The minimum atomic E-state index is -0.673. The van der Waals surface area contributed by atoms with Gasteiger partial charge < -0.3 is 16.4 Å². The first kappa shape index (κ1) is 15.2. The molecule has 0 bridgehead atoms. The van der Waals surface area contributed by atoms with Crippen LogP contribution < -0.4 is 16.4 Å². The summed E-state index contributed by atoms with van der Waals surface area (Å²) < 4.78 is 0. The fourth-order valence-corrected chi connectivity index (χ4v) is 1.97. The van der Waals surface area contributed by atoms with Crippen LogP contribution in [-0.4, -0.2) is 30.3 Å². The molecule has 1 rings (SSSR count). The molecule has 19 heavy (non-hydrogen) atoms. The minimum Gasteiger partial charge on any atom is -0.368 e. The standard InChI is InChI=1S/C12H17N3O3S/c1-8(11(13)17)15-10(16)5-2-6-14-12(18)9-4-3-7-19-9/h3-4,7-8H,2,5-6H2,1H3,(H2,13,17)(H,14,18)(H,15,16). The van der Waals surface area contributed by atoms with Gasteiger partial charge in [-0.25, -0.2) is 0 Å². The van der Waals surface area contributed by atoms with E-state index >= 15 is 0 Å². The molecular formula is C12H17N3O3S. The van der Waals surface area contributed by atoms with Crippen LogP contribution >= 0.6 is 11.3 Å². The van der Waals surface area contributed by atoms with Crippen LogP contribution in [0.15, 0.2) is 17.5 Å². The molecule has 1 heterocycles. The van der Waals surface area contributed by atoms with E-state index in [-0.39, 0.29) is 18.2 Å². The summed E-state index contributed by atoms with van der Waals surface area (Å²) in [7, 11) is 0. The maximum atomic E-state index is 11.6. The normalized spacial score (nSPS) is 11.6. The zero-order valence-corrected chi connectivity index (χ0v) is 11.5. The van der Waals surface area contributed by atoms with Gasteiger partial charge >= 0.3 is 0 Å². The van der Waals surface area contributed by atoms with Crippen molar-refractivity contribution in [2.24, 2.45) is 5.73 Å². The summed E-state index contributed by atoms with van der Waals surface area (Å²) in [5.74, 6) is -0.961. The third kappa shape index (κ3) is 5.52. The molecule has 0 aliphatic heterocycles. The monoisotopic (exact) mass is 283 g/mol. The molecule has 0 saturated heterocycles. The summed E-state index contributed by atoms with van der Waals surface area (Å²) in [6.45, 7) is 1.94. The van der Waals surface area contributed by atoms with Crippen molar-refractivity contribution in [2.45, 2.75) is 25.8 Å². The van der Waals surface area contributed by atoms with Gasteiger partial charge in [-0.05, 0) is 24.8 Å². The Hall–Kier alpha value is -1.89. The molecule has 0 aromatic carbocycles. The van der Waals surface area contributed by atoms with Crippen molar-refractivity contribution < 1.29 is 14.4 Å². The van der Waals surface area contributed by atoms with Gasteiger partial charge in [0.15, 0.2) is 0 Å². The van der Waals surface area contributed by atoms with Crippen LogP contribution in [0.5, 0.6) is 0 Å². The number of hydrogen-bond acceptors (Lipinski definition) is 4. The Balaban J connectivity index is 2.15. The molecule has 1 aromatic rings. The van der Waals surface area contributed by atoms with E-state index in [4.69, 9.17) is 5.73 Å². The van der Waals surface area contributed by atoms with Crippen LogP contribution in [-0.2, 0) is 9.59 Å². The first-order valence-electron chi connectivity index (χ1n) is 5.91. The van der Waals surface area contributed by atoms with Gasteiger partial charge in [-0.2, -0.15) is 0 Å². The number of amides is 3. The first-order chi connectivity index (χ1) is 9.00. The fraction of sp³-hybridized carbons (Fsp3) is 0.417. The van der Waals surface area contributed by atoms with Crippen molar-refractivity contribution in [1.29, 1.82) is 0 Å². The molecule has 6 nitrogen and oxygen atoms in total. The van der Waals surface area contributed by atoms with E-state index in [2.05, 4.69) is 10.6 Å². The summed E-state index contributed by atoms with van der Waals surface area (Å²) in [6, 6.07) is 2.87. The Kier molecular flexibility index (Phi) is 6.01. The molecule has 0 fully saturated rings. The van der Waals surface area contributed by atoms with Gasteiger partial charge in [0.25, 0.3) is 5.91 Å². The van der Waals surface area contributed by atoms with Crippen LogP contribution in [0.2, 0.25) is 0 Å². The van der Waals surface area contributed by atoms with Crippen molar-refractivity contribution >= 4 is 29.1 Å². The third-order valence-corrected chi connectivity index (χ3v) is 3.28. The molecule has 3 amide bonds. The van der Waals surface area contributed by atoms with Crippen molar-refractivity contribution in [3.8, 4) is 0 Å². The van der Waals surface area contributed by atoms with Crippen molar-refractivity contribution in [1.82, 2.24) is 10.6 Å². The quantitative estimate of drug-likeness (QED) is 0.625. The molecule has 1 atom stereocenters. The summed E-state index contributed by atoms with van der Waals surface area (Å²) in [5.41, 5.74) is 5.02. The average molecular weight is 283 g/mol. The highest BCUT2D eigenvalue weighted by atomic mass is 32.1. The van der Waals surface area contributed by atoms with Gasteiger partial charge in [0.05, 0.1) is 4.88 Å². The fourth-order valence-electron chi connectivity index (χ4n) is 1.33. The number of nitrogens with two attached hydrogens (primary N) is 1. The second kappa shape index (κ2) is 7.52.